The van der Waals surface area contributed by atoms with Crippen molar-refractivity contribution in [1.29, 1.82) is 5.26 Å². The summed E-state index contributed by atoms with van der Waals surface area (Å²) in [6.45, 7) is 0.285. The van der Waals surface area contributed by atoms with Gasteiger partial charge in [-0.1, -0.05) is 18.2 Å². The first kappa shape index (κ1) is 16.6. The van der Waals surface area contributed by atoms with Crippen LogP contribution in [0.25, 0.3) is 0 Å². The van der Waals surface area contributed by atoms with Crippen molar-refractivity contribution in [3.05, 3.63) is 59.7 Å². The number of nitrogens with zero attached hydrogens (tertiary/aromatic N) is 2. The van der Waals surface area contributed by atoms with Gasteiger partial charge in [0, 0.05) is 18.5 Å². The van der Waals surface area contributed by atoms with Crippen LogP contribution in [0.3, 0.4) is 0 Å². The van der Waals surface area contributed by atoms with Crippen molar-refractivity contribution in [1.82, 2.24) is 4.31 Å². The molecule has 0 fully saturated rings. The summed E-state index contributed by atoms with van der Waals surface area (Å²) < 4.78 is 26.4. The minimum absolute atomic E-state index is 0.134. The molecule has 0 bridgehead atoms. The molecular formula is C16H16N2O2S2. The summed E-state index contributed by atoms with van der Waals surface area (Å²) in [5.41, 5.74) is 1.25. The summed E-state index contributed by atoms with van der Waals surface area (Å²) in [5.74, 6) is 0. The Bertz CT molecular complexity index is 794. The highest BCUT2D eigenvalue weighted by atomic mass is 32.2. The monoisotopic (exact) mass is 332 g/mol. The highest BCUT2D eigenvalue weighted by Crippen LogP contribution is 2.20. The molecule has 0 aliphatic rings. The second-order valence-corrected chi connectivity index (χ2v) is 7.67. The third-order valence-corrected chi connectivity index (χ3v) is 5.78. The Hall–Kier alpha value is -1.81. The summed E-state index contributed by atoms with van der Waals surface area (Å²) in [4.78, 5) is 1.27. The third kappa shape index (κ3) is 3.69. The van der Waals surface area contributed by atoms with Gasteiger partial charge < -0.3 is 0 Å². The molecule has 2 aromatic rings. The summed E-state index contributed by atoms with van der Waals surface area (Å²) in [6, 6.07) is 15.8. The molecule has 0 radical (unpaired) electrons. The van der Waals surface area contributed by atoms with Crippen molar-refractivity contribution in [3.63, 3.8) is 0 Å². The molecule has 0 heterocycles. The van der Waals surface area contributed by atoms with E-state index < -0.39 is 10.0 Å². The standard InChI is InChI=1S/C16H16N2O2S2/c1-18(12-13-6-8-15(21-2)9-7-13)22(19,20)16-5-3-4-14(10-16)11-17/h3-10H,12H2,1-2H3. The highest BCUT2D eigenvalue weighted by Gasteiger charge is 2.21. The van der Waals surface area contributed by atoms with E-state index in [-0.39, 0.29) is 11.4 Å². The molecule has 0 unspecified atom stereocenters. The lowest BCUT2D eigenvalue weighted by molar-refractivity contribution is 0.466. The topological polar surface area (TPSA) is 61.2 Å². The normalized spacial score (nSPS) is 11.4. The third-order valence-electron chi connectivity index (χ3n) is 3.24. The molecule has 4 nitrogen and oxygen atoms in total. The molecule has 0 aliphatic carbocycles. The maximum atomic E-state index is 12.5. The Morgan fingerprint density at radius 3 is 2.45 bits per heavy atom. The number of rotatable bonds is 5. The number of sulfonamides is 1. The van der Waals surface area contributed by atoms with E-state index in [2.05, 4.69) is 0 Å². The zero-order valence-electron chi connectivity index (χ0n) is 12.4. The van der Waals surface area contributed by atoms with Gasteiger partial charge in [-0.15, -0.1) is 11.8 Å². The van der Waals surface area contributed by atoms with Gasteiger partial charge in [-0.3, -0.25) is 0 Å². The van der Waals surface area contributed by atoms with Gasteiger partial charge in [0.2, 0.25) is 10.0 Å². The minimum Gasteiger partial charge on any atom is -0.207 e. The number of hydrogen-bond acceptors (Lipinski definition) is 4. The Kier molecular flexibility index (Phi) is 5.24. The van der Waals surface area contributed by atoms with Gasteiger partial charge in [-0.25, -0.2) is 8.42 Å². The van der Waals surface area contributed by atoms with Crippen LogP contribution in [0.5, 0.6) is 0 Å². The van der Waals surface area contributed by atoms with Crippen molar-refractivity contribution in [2.75, 3.05) is 13.3 Å². The second kappa shape index (κ2) is 6.97. The Morgan fingerprint density at radius 2 is 1.86 bits per heavy atom. The lowest BCUT2D eigenvalue weighted by atomic mass is 10.2. The molecule has 0 saturated heterocycles. The molecule has 0 aliphatic heterocycles. The van der Waals surface area contributed by atoms with Crippen LogP contribution in [0.4, 0.5) is 0 Å². The smallest absolute Gasteiger partial charge is 0.207 e. The maximum Gasteiger partial charge on any atom is 0.243 e. The van der Waals surface area contributed by atoms with Crippen LogP contribution in [-0.2, 0) is 16.6 Å². The second-order valence-electron chi connectivity index (χ2n) is 4.75. The lowest BCUT2D eigenvalue weighted by Crippen LogP contribution is -2.26. The maximum absolute atomic E-state index is 12.5. The molecule has 0 amide bonds. The van der Waals surface area contributed by atoms with Crippen LogP contribution < -0.4 is 0 Å². The predicted molar refractivity (Wildman–Crippen MR) is 88.0 cm³/mol. The summed E-state index contributed by atoms with van der Waals surface area (Å²) in [7, 11) is -2.07. The fourth-order valence-electron chi connectivity index (χ4n) is 1.98. The molecule has 0 spiro atoms. The number of hydrogen-bond donors (Lipinski definition) is 0. The van der Waals surface area contributed by atoms with E-state index in [0.717, 1.165) is 10.5 Å². The molecule has 6 heteroatoms. The van der Waals surface area contributed by atoms with Crippen LogP contribution in [0.1, 0.15) is 11.1 Å². The van der Waals surface area contributed by atoms with Crippen LogP contribution >= 0.6 is 11.8 Å². The Morgan fingerprint density at radius 1 is 1.18 bits per heavy atom. The van der Waals surface area contributed by atoms with Gasteiger partial charge in [0.1, 0.15) is 0 Å². The number of benzene rings is 2. The Balaban J connectivity index is 2.22. The summed E-state index contributed by atoms with van der Waals surface area (Å²) >= 11 is 1.64. The van der Waals surface area contributed by atoms with E-state index >= 15 is 0 Å². The molecule has 0 atom stereocenters. The van der Waals surface area contributed by atoms with Crippen LogP contribution in [0, 0.1) is 11.3 Å². The van der Waals surface area contributed by atoms with E-state index in [1.807, 2.05) is 36.6 Å². The molecule has 0 N–H and O–H groups in total. The first-order chi connectivity index (χ1) is 10.5. The summed E-state index contributed by atoms with van der Waals surface area (Å²) in [5, 5.41) is 8.89. The van der Waals surface area contributed by atoms with Crippen LogP contribution in [0.2, 0.25) is 0 Å². The van der Waals surface area contributed by atoms with E-state index in [1.54, 1.807) is 23.9 Å². The van der Waals surface area contributed by atoms with E-state index in [0.29, 0.717) is 5.56 Å². The van der Waals surface area contributed by atoms with E-state index in [1.165, 1.54) is 23.5 Å². The van der Waals surface area contributed by atoms with Gasteiger partial charge in [-0.2, -0.15) is 9.57 Å². The highest BCUT2D eigenvalue weighted by molar-refractivity contribution is 7.98. The number of nitriles is 1. The summed E-state index contributed by atoms with van der Waals surface area (Å²) in [6.07, 6.45) is 1.99. The van der Waals surface area contributed by atoms with Crippen molar-refractivity contribution >= 4 is 21.8 Å². The molecule has 114 valence electrons. The average molecular weight is 332 g/mol. The molecule has 0 aromatic heterocycles. The van der Waals surface area contributed by atoms with Gasteiger partial charge in [-0.05, 0) is 42.2 Å². The lowest BCUT2D eigenvalue weighted by Gasteiger charge is -2.17. The van der Waals surface area contributed by atoms with E-state index in [9.17, 15) is 8.42 Å². The van der Waals surface area contributed by atoms with Crippen molar-refractivity contribution < 1.29 is 8.42 Å². The fourth-order valence-corrected chi connectivity index (χ4v) is 3.59. The average Bonchev–Trinajstić information content (AvgIpc) is 2.55. The van der Waals surface area contributed by atoms with Gasteiger partial charge in [0.25, 0.3) is 0 Å². The molecular weight excluding hydrogens is 316 g/mol. The molecule has 2 aromatic carbocycles. The SMILES string of the molecule is CSc1ccc(CN(C)S(=O)(=O)c2cccc(C#N)c2)cc1. The van der Waals surface area contributed by atoms with Crippen LogP contribution in [0.15, 0.2) is 58.3 Å². The minimum atomic E-state index is -3.61. The van der Waals surface area contributed by atoms with E-state index in [4.69, 9.17) is 5.26 Å². The van der Waals surface area contributed by atoms with Crippen molar-refractivity contribution in [3.8, 4) is 6.07 Å². The van der Waals surface area contributed by atoms with Crippen molar-refractivity contribution in [2.45, 2.75) is 16.3 Å². The van der Waals surface area contributed by atoms with Gasteiger partial charge >= 0.3 is 0 Å². The number of thioether (sulfide) groups is 1. The first-order valence-corrected chi connectivity index (χ1v) is 9.23. The first-order valence-electron chi connectivity index (χ1n) is 6.57. The van der Waals surface area contributed by atoms with Gasteiger partial charge in [0.05, 0.1) is 16.5 Å². The zero-order valence-corrected chi connectivity index (χ0v) is 14.0. The largest absolute Gasteiger partial charge is 0.243 e. The fraction of sp³-hybridized carbons (Fsp3) is 0.188. The van der Waals surface area contributed by atoms with Crippen LogP contribution in [-0.4, -0.2) is 26.0 Å². The molecule has 22 heavy (non-hydrogen) atoms. The van der Waals surface area contributed by atoms with Crippen molar-refractivity contribution in [2.24, 2.45) is 0 Å². The molecule has 0 saturated carbocycles. The quantitative estimate of drug-likeness (QED) is 0.789. The molecule has 2 rings (SSSR count). The van der Waals surface area contributed by atoms with Gasteiger partial charge in [0.15, 0.2) is 0 Å². The Labute approximate surface area is 135 Å². The predicted octanol–water partition coefficient (Wildman–Crippen LogP) is 3.10. The zero-order chi connectivity index (χ0) is 16.2.